The third kappa shape index (κ3) is 4.06. The van der Waals surface area contributed by atoms with Gasteiger partial charge in [-0.15, -0.1) is 0 Å². The van der Waals surface area contributed by atoms with Crippen molar-refractivity contribution < 1.29 is 14.3 Å². The van der Waals surface area contributed by atoms with Crippen molar-refractivity contribution >= 4 is 11.8 Å². The topological polar surface area (TPSA) is 99.2 Å². The van der Waals surface area contributed by atoms with E-state index in [4.69, 9.17) is 10.5 Å². The van der Waals surface area contributed by atoms with Gasteiger partial charge in [0.15, 0.2) is 0 Å². The lowest BCUT2D eigenvalue weighted by Gasteiger charge is -2.34. The number of nitrogens with two attached hydrogens (primary N) is 1. The highest BCUT2D eigenvalue weighted by atomic mass is 16.5. The van der Waals surface area contributed by atoms with E-state index in [1.54, 1.807) is 10.9 Å². The molecule has 25 heavy (non-hydrogen) atoms. The first-order valence-electron chi connectivity index (χ1n) is 8.32. The quantitative estimate of drug-likeness (QED) is 0.811. The molecule has 0 atom stereocenters. The first-order chi connectivity index (χ1) is 12.1. The van der Waals surface area contributed by atoms with E-state index in [1.165, 1.54) is 0 Å². The molecule has 1 saturated heterocycles. The number of ether oxygens (including phenoxy) is 1. The molecular formula is C18H22N4O3. The molecule has 1 aromatic carbocycles. The number of hydrogen-bond acceptors (Lipinski definition) is 4. The van der Waals surface area contributed by atoms with Crippen LogP contribution >= 0.6 is 0 Å². The molecule has 1 aromatic heterocycles. The molecule has 2 heterocycles. The first-order valence-corrected chi connectivity index (χ1v) is 8.32. The third-order valence-corrected chi connectivity index (χ3v) is 4.67. The van der Waals surface area contributed by atoms with Crippen LogP contribution < -0.4 is 11.1 Å². The second kappa shape index (κ2) is 7.48. The maximum atomic E-state index is 12.2. The van der Waals surface area contributed by atoms with E-state index in [-0.39, 0.29) is 24.8 Å². The molecule has 0 radical (unpaired) electrons. The lowest BCUT2D eigenvalue weighted by molar-refractivity contribution is -0.133. The molecule has 0 aliphatic carbocycles. The lowest BCUT2D eigenvalue weighted by Crippen LogP contribution is -2.49. The molecule has 7 heteroatoms. The Balaban J connectivity index is 1.56. The molecule has 0 spiro atoms. The van der Waals surface area contributed by atoms with Crippen molar-refractivity contribution in [1.29, 1.82) is 0 Å². The maximum absolute atomic E-state index is 12.2. The van der Waals surface area contributed by atoms with Gasteiger partial charge < -0.3 is 15.8 Å². The second-order valence-electron chi connectivity index (χ2n) is 6.33. The Morgan fingerprint density at radius 2 is 1.96 bits per heavy atom. The number of primary amides is 1. The van der Waals surface area contributed by atoms with Crippen LogP contribution in [0.1, 0.15) is 18.4 Å². The average Bonchev–Trinajstić information content (AvgIpc) is 3.16. The van der Waals surface area contributed by atoms with E-state index >= 15 is 0 Å². The summed E-state index contributed by atoms with van der Waals surface area (Å²) in [5.74, 6) is -0.501. The van der Waals surface area contributed by atoms with Gasteiger partial charge in [-0.05, 0) is 36.6 Å². The number of hydrogen-bond donors (Lipinski definition) is 2. The van der Waals surface area contributed by atoms with Crippen LogP contribution in [0.4, 0.5) is 0 Å². The Morgan fingerprint density at radius 3 is 2.56 bits per heavy atom. The van der Waals surface area contributed by atoms with Gasteiger partial charge in [0.2, 0.25) is 11.8 Å². The Labute approximate surface area is 146 Å². The van der Waals surface area contributed by atoms with Gasteiger partial charge in [0.05, 0.1) is 17.5 Å². The number of benzene rings is 1. The number of rotatable bonds is 6. The monoisotopic (exact) mass is 342 g/mol. The second-order valence-corrected chi connectivity index (χ2v) is 6.33. The molecule has 0 unspecified atom stereocenters. The standard InChI is InChI=1S/C18H22N4O3/c19-17(24)18(6-10-25-11-7-18)13-20-16(23)12-14-2-4-15(5-3-14)22-9-1-8-21-22/h1-5,8-9H,6-7,10-13H2,(H2,19,24)(H,20,23). The molecule has 2 aromatic rings. The van der Waals surface area contributed by atoms with Crippen molar-refractivity contribution in [3.05, 3.63) is 48.3 Å². The van der Waals surface area contributed by atoms with Gasteiger partial charge in [-0.25, -0.2) is 4.68 Å². The van der Waals surface area contributed by atoms with E-state index in [0.29, 0.717) is 26.1 Å². The van der Waals surface area contributed by atoms with Gasteiger partial charge in [0, 0.05) is 32.2 Å². The highest BCUT2D eigenvalue weighted by Gasteiger charge is 2.38. The van der Waals surface area contributed by atoms with Crippen molar-refractivity contribution in [1.82, 2.24) is 15.1 Å². The Kier molecular flexibility index (Phi) is 5.14. The maximum Gasteiger partial charge on any atom is 0.225 e. The summed E-state index contributed by atoms with van der Waals surface area (Å²) < 4.78 is 7.05. The normalized spacial score (nSPS) is 16.3. The van der Waals surface area contributed by atoms with Crippen LogP contribution in [0.2, 0.25) is 0 Å². The Bertz CT molecular complexity index is 719. The van der Waals surface area contributed by atoms with Gasteiger partial charge in [-0.2, -0.15) is 5.10 Å². The van der Waals surface area contributed by atoms with Crippen molar-refractivity contribution in [3.8, 4) is 5.69 Å². The fourth-order valence-corrected chi connectivity index (χ4v) is 2.98. The zero-order chi connectivity index (χ0) is 17.7. The SMILES string of the molecule is NC(=O)C1(CNC(=O)Cc2ccc(-n3cccn3)cc2)CCOCC1. The number of carbonyl (C=O) groups is 2. The highest BCUT2D eigenvalue weighted by Crippen LogP contribution is 2.29. The molecule has 1 aliphatic heterocycles. The summed E-state index contributed by atoms with van der Waals surface area (Å²) >= 11 is 0. The lowest BCUT2D eigenvalue weighted by atomic mass is 9.79. The van der Waals surface area contributed by atoms with Crippen LogP contribution in [-0.2, 0) is 20.7 Å². The zero-order valence-electron chi connectivity index (χ0n) is 14.0. The number of carbonyl (C=O) groups excluding carboxylic acids is 2. The van der Waals surface area contributed by atoms with Crippen molar-refractivity contribution in [2.75, 3.05) is 19.8 Å². The smallest absolute Gasteiger partial charge is 0.225 e. The number of nitrogens with one attached hydrogen (secondary N) is 1. The van der Waals surface area contributed by atoms with Crippen LogP contribution in [0.5, 0.6) is 0 Å². The summed E-state index contributed by atoms with van der Waals surface area (Å²) in [7, 11) is 0. The van der Waals surface area contributed by atoms with Gasteiger partial charge in [0.1, 0.15) is 0 Å². The first kappa shape index (κ1) is 17.2. The van der Waals surface area contributed by atoms with Crippen LogP contribution in [0, 0.1) is 5.41 Å². The minimum absolute atomic E-state index is 0.126. The zero-order valence-corrected chi connectivity index (χ0v) is 14.0. The van der Waals surface area contributed by atoms with E-state index in [1.807, 2.05) is 36.5 Å². The van der Waals surface area contributed by atoms with Crippen LogP contribution in [-0.4, -0.2) is 41.4 Å². The fourth-order valence-electron chi connectivity index (χ4n) is 2.98. The number of aromatic nitrogens is 2. The van der Waals surface area contributed by atoms with Crippen LogP contribution in [0.3, 0.4) is 0 Å². The minimum atomic E-state index is -0.697. The molecule has 7 nitrogen and oxygen atoms in total. The summed E-state index contributed by atoms with van der Waals surface area (Å²) in [6, 6.07) is 9.48. The summed E-state index contributed by atoms with van der Waals surface area (Å²) in [4.78, 5) is 24.0. The molecule has 1 aliphatic rings. The van der Waals surface area contributed by atoms with Crippen LogP contribution in [0.25, 0.3) is 5.69 Å². The largest absolute Gasteiger partial charge is 0.381 e. The van der Waals surface area contributed by atoms with E-state index in [2.05, 4.69) is 10.4 Å². The Hall–Kier alpha value is -2.67. The molecule has 3 N–H and O–H groups in total. The van der Waals surface area contributed by atoms with E-state index < -0.39 is 5.41 Å². The van der Waals surface area contributed by atoms with Gasteiger partial charge in [-0.1, -0.05) is 12.1 Å². The molecule has 1 fully saturated rings. The highest BCUT2D eigenvalue weighted by molar-refractivity contribution is 5.83. The number of nitrogens with zero attached hydrogens (tertiary/aromatic N) is 2. The van der Waals surface area contributed by atoms with Gasteiger partial charge >= 0.3 is 0 Å². The molecule has 0 saturated carbocycles. The van der Waals surface area contributed by atoms with Crippen molar-refractivity contribution in [3.63, 3.8) is 0 Å². The van der Waals surface area contributed by atoms with Gasteiger partial charge in [-0.3, -0.25) is 9.59 Å². The summed E-state index contributed by atoms with van der Waals surface area (Å²) in [5.41, 5.74) is 6.68. The van der Waals surface area contributed by atoms with E-state index in [9.17, 15) is 9.59 Å². The molecule has 2 amide bonds. The van der Waals surface area contributed by atoms with Crippen molar-refractivity contribution in [2.45, 2.75) is 19.3 Å². The third-order valence-electron chi connectivity index (χ3n) is 4.67. The minimum Gasteiger partial charge on any atom is -0.381 e. The average molecular weight is 342 g/mol. The predicted octanol–water partition coefficient (Wildman–Crippen LogP) is 0.813. The molecule has 0 bridgehead atoms. The molecular weight excluding hydrogens is 320 g/mol. The molecule has 132 valence electrons. The van der Waals surface area contributed by atoms with Crippen LogP contribution in [0.15, 0.2) is 42.7 Å². The van der Waals surface area contributed by atoms with Crippen molar-refractivity contribution in [2.24, 2.45) is 11.1 Å². The van der Waals surface area contributed by atoms with E-state index in [0.717, 1.165) is 11.3 Å². The summed E-state index contributed by atoms with van der Waals surface area (Å²) in [6.07, 6.45) is 4.91. The molecule has 3 rings (SSSR count). The number of amides is 2. The predicted molar refractivity (Wildman–Crippen MR) is 92.0 cm³/mol. The fraction of sp³-hybridized carbons (Fsp3) is 0.389. The summed E-state index contributed by atoms with van der Waals surface area (Å²) in [5, 5.41) is 7.02. The Morgan fingerprint density at radius 1 is 1.24 bits per heavy atom. The summed E-state index contributed by atoms with van der Waals surface area (Å²) in [6.45, 7) is 1.25. The van der Waals surface area contributed by atoms with Gasteiger partial charge in [0.25, 0.3) is 0 Å².